The van der Waals surface area contributed by atoms with Crippen LogP contribution < -0.4 is 0 Å². The van der Waals surface area contributed by atoms with Crippen molar-refractivity contribution in [2.75, 3.05) is 14.2 Å². The van der Waals surface area contributed by atoms with Crippen molar-refractivity contribution in [3.8, 4) is 0 Å². The van der Waals surface area contributed by atoms with Gasteiger partial charge in [0.2, 0.25) is 0 Å². The number of rotatable bonds is 2. The summed E-state index contributed by atoms with van der Waals surface area (Å²) in [5.41, 5.74) is 2.60. The number of benzene rings is 1. The predicted octanol–water partition coefficient (Wildman–Crippen LogP) is 4.87. The van der Waals surface area contributed by atoms with Gasteiger partial charge in [-0.25, -0.2) is 9.59 Å². The lowest BCUT2D eigenvalue weighted by molar-refractivity contribution is 0.0553. The second kappa shape index (κ2) is 10.2. The fraction of sp³-hybridized carbons (Fsp3) is 0.619. The highest BCUT2D eigenvalue weighted by atomic mass is 16.5. The van der Waals surface area contributed by atoms with Gasteiger partial charge in [-0.2, -0.15) is 0 Å². The lowest BCUT2D eigenvalue weighted by Crippen LogP contribution is -2.17. The molecule has 0 N–H and O–H groups in total. The second-order valence-corrected chi connectivity index (χ2v) is 6.80. The van der Waals surface area contributed by atoms with Crippen LogP contribution in [-0.4, -0.2) is 26.2 Å². The molecule has 4 nitrogen and oxygen atoms in total. The van der Waals surface area contributed by atoms with Crippen LogP contribution in [0.3, 0.4) is 0 Å². The maximum atomic E-state index is 12.4. The standard InChI is InChI=1S/C21H30O4/c1-24-20(22)18-16-12-10-8-6-4-3-5-7-9-11-13-17(15-14-16)19(18)21(23)25-2/h14-15H,3-13H2,1-2H3. The number of carbonyl (C=O) groups is 2. The van der Waals surface area contributed by atoms with E-state index in [9.17, 15) is 9.59 Å². The molecule has 25 heavy (non-hydrogen) atoms. The number of ether oxygens (including phenoxy) is 2. The van der Waals surface area contributed by atoms with Crippen LogP contribution in [0.25, 0.3) is 0 Å². The van der Waals surface area contributed by atoms with Gasteiger partial charge in [0.15, 0.2) is 0 Å². The molecule has 2 aliphatic rings. The van der Waals surface area contributed by atoms with Crippen molar-refractivity contribution >= 4 is 11.9 Å². The number of fused-ring (bicyclic) bond motifs is 12. The Morgan fingerprint density at radius 2 is 0.960 bits per heavy atom. The molecule has 0 saturated carbocycles. The number of esters is 2. The molecule has 0 atom stereocenters. The molecule has 0 heterocycles. The Morgan fingerprint density at radius 3 is 1.28 bits per heavy atom. The molecular weight excluding hydrogens is 316 g/mol. The molecule has 0 radical (unpaired) electrons. The first kappa shape index (κ1) is 19.5. The van der Waals surface area contributed by atoms with Gasteiger partial charge in [0.1, 0.15) is 0 Å². The quantitative estimate of drug-likeness (QED) is 0.717. The highest BCUT2D eigenvalue weighted by Crippen LogP contribution is 2.26. The SMILES string of the molecule is COC(=O)c1c2ccc(c1C(=O)OC)CCCCCCCCCCC2. The summed E-state index contributed by atoms with van der Waals surface area (Å²) in [6.45, 7) is 0. The van der Waals surface area contributed by atoms with Crippen molar-refractivity contribution in [2.24, 2.45) is 0 Å². The van der Waals surface area contributed by atoms with Crippen molar-refractivity contribution < 1.29 is 19.1 Å². The molecule has 1 aromatic carbocycles. The average Bonchev–Trinajstić information content (AvgIpc) is 2.65. The van der Waals surface area contributed by atoms with Crippen LogP contribution in [0.2, 0.25) is 0 Å². The summed E-state index contributed by atoms with van der Waals surface area (Å²) in [5.74, 6) is -0.886. The summed E-state index contributed by atoms with van der Waals surface area (Å²) in [4.78, 5) is 24.9. The molecule has 0 unspecified atom stereocenters. The molecule has 3 rings (SSSR count). The summed E-state index contributed by atoms with van der Waals surface area (Å²) < 4.78 is 9.97. The third kappa shape index (κ3) is 5.32. The smallest absolute Gasteiger partial charge is 0.339 e. The minimum absolute atomic E-state index is 0.404. The Bertz CT molecular complexity index is 541. The molecule has 2 bridgehead atoms. The summed E-state index contributed by atoms with van der Waals surface area (Å²) in [5, 5.41) is 0. The lowest BCUT2D eigenvalue weighted by atomic mass is 9.90. The van der Waals surface area contributed by atoms with Crippen molar-refractivity contribution in [2.45, 2.75) is 70.6 Å². The number of methoxy groups -OCH3 is 2. The van der Waals surface area contributed by atoms with E-state index in [1.807, 2.05) is 12.1 Å². The summed E-state index contributed by atoms with van der Waals surface area (Å²) >= 11 is 0. The number of carbonyl (C=O) groups excluding carboxylic acids is 2. The maximum absolute atomic E-state index is 12.4. The van der Waals surface area contributed by atoms with Crippen LogP contribution in [0.5, 0.6) is 0 Å². The van der Waals surface area contributed by atoms with Gasteiger partial charge in [-0.05, 0) is 36.8 Å². The Balaban J connectivity index is 2.42. The van der Waals surface area contributed by atoms with Crippen molar-refractivity contribution in [1.29, 1.82) is 0 Å². The number of hydrogen-bond acceptors (Lipinski definition) is 4. The van der Waals surface area contributed by atoms with Gasteiger partial charge >= 0.3 is 11.9 Å². The van der Waals surface area contributed by atoms with Crippen LogP contribution in [0.15, 0.2) is 12.1 Å². The minimum atomic E-state index is -0.443. The molecule has 1 aromatic rings. The topological polar surface area (TPSA) is 52.6 Å². The van der Waals surface area contributed by atoms with E-state index in [-0.39, 0.29) is 0 Å². The van der Waals surface area contributed by atoms with Crippen LogP contribution in [0.1, 0.15) is 89.6 Å². The van der Waals surface area contributed by atoms with Crippen LogP contribution in [0, 0.1) is 0 Å². The van der Waals surface area contributed by atoms with Gasteiger partial charge in [-0.1, -0.05) is 57.1 Å². The van der Waals surface area contributed by atoms with Crippen molar-refractivity contribution in [1.82, 2.24) is 0 Å². The first-order valence-corrected chi connectivity index (χ1v) is 9.50. The largest absolute Gasteiger partial charge is 0.465 e. The second-order valence-electron chi connectivity index (χ2n) is 6.80. The van der Waals surface area contributed by atoms with E-state index in [1.165, 1.54) is 46.3 Å². The monoisotopic (exact) mass is 346 g/mol. The molecule has 4 heteroatoms. The van der Waals surface area contributed by atoms with E-state index in [0.717, 1.165) is 49.7 Å². The number of hydrogen-bond donors (Lipinski definition) is 0. The van der Waals surface area contributed by atoms with E-state index in [4.69, 9.17) is 9.47 Å². The maximum Gasteiger partial charge on any atom is 0.339 e. The average molecular weight is 346 g/mol. The van der Waals surface area contributed by atoms with E-state index >= 15 is 0 Å². The molecular formula is C21H30O4. The van der Waals surface area contributed by atoms with Crippen molar-refractivity contribution in [3.63, 3.8) is 0 Å². The fourth-order valence-electron chi connectivity index (χ4n) is 3.64. The molecule has 0 aromatic heterocycles. The Labute approximate surface area is 150 Å². The third-order valence-corrected chi connectivity index (χ3v) is 5.05. The zero-order valence-electron chi connectivity index (χ0n) is 15.6. The van der Waals surface area contributed by atoms with E-state index in [1.54, 1.807) is 0 Å². The van der Waals surface area contributed by atoms with Crippen LogP contribution in [-0.2, 0) is 22.3 Å². The van der Waals surface area contributed by atoms with Gasteiger partial charge in [-0.15, -0.1) is 0 Å². The third-order valence-electron chi connectivity index (χ3n) is 5.05. The van der Waals surface area contributed by atoms with Crippen molar-refractivity contribution in [3.05, 3.63) is 34.4 Å². The van der Waals surface area contributed by atoms with Crippen LogP contribution >= 0.6 is 0 Å². The summed E-state index contributed by atoms with van der Waals surface area (Å²) in [6, 6.07) is 3.99. The first-order chi connectivity index (χ1) is 12.2. The molecule has 138 valence electrons. The zero-order valence-corrected chi connectivity index (χ0v) is 15.6. The zero-order chi connectivity index (χ0) is 18.1. The number of aryl methyl sites for hydroxylation is 2. The van der Waals surface area contributed by atoms with E-state index in [2.05, 4.69) is 0 Å². The lowest BCUT2D eigenvalue weighted by Gasteiger charge is -2.16. The summed E-state index contributed by atoms with van der Waals surface area (Å²) in [6.07, 6.45) is 12.3. The van der Waals surface area contributed by atoms with Gasteiger partial charge in [0, 0.05) is 0 Å². The molecule has 0 fully saturated rings. The molecule has 0 saturated heterocycles. The highest BCUT2D eigenvalue weighted by Gasteiger charge is 2.25. The Hall–Kier alpha value is -1.84. The Kier molecular flexibility index (Phi) is 7.96. The van der Waals surface area contributed by atoms with Gasteiger partial charge < -0.3 is 9.47 Å². The predicted molar refractivity (Wildman–Crippen MR) is 98.1 cm³/mol. The van der Waals surface area contributed by atoms with Gasteiger partial charge in [-0.3, -0.25) is 0 Å². The fourth-order valence-corrected chi connectivity index (χ4v) is 3.64. The molecule has 0 spiro atoms. The van der Waals surface area contributed by atoms with Gasteiger partial charge in [0.25, 0.3) is 0 Å². The Morgan fingerprint density at radius 1 is 0.640 bits per heavy atom. The highest BCUT2D eigenvalue weighted by molar-refractivity contribution is 6.05. The molecule has 0 amide bonds. The van der Waals surface area contributed by atoms with E-state index in [0.29, 0.717) is 11.1 Å². The summed E-state index contributed by atoms with van der Waals surface area (Å²) in [7, 11) is 2.73. The normalized spacial score (nSPS) is 16.6. The van der Waals surface area contributed by atoms with E-state index < -0.39 is 11.9 Å². The molecule has 2 aliphatic carbocycles. The first-order valence-electron chi connectivity index (χ1n) is 9.50. The van der Waals surface area contributed by atoms with Crippen LogP contribution in [0.4, 0.5) is 0 Å². The van der Waals surface area contributed by atoms with Gasteiger partial charge in [0.05, 0.1) is 25.3 Å². The molecule has 0 aliphatic heterocycles. The minimum Gasteiger partial charge on any atom is -0.465 e.